The number of phenolic OH excluding ortho intramolecular Hbond substituents is 1. The Kier molecular flexibility index (Phi) is 5.17. The van der Waals surface area contributed by atoms with Crippen LogP contribution in [0, 0.1) is 19.8 Å². The minimum Gasteiger partial charge on any atom is -0.508 e. The summed E-state index contributed by atoms with van der Waals surface area (Å²) >= 11 is 0. The fourth-order valence-electron chi connectivity index (χ4n) is 2.35. The first-order valence-corrected chi connectivity index (χ1v) is 6.56. The summed E-state index contributed by atoms with van der Waals surface area (Å²) < 4.78 is 0. The predicted molar refractivity (Wildman–Crippen MR) is 74.6 cm³/mol. The molecule has 102 valence electrons. The number of benzene rings is 1. The number of aromatic hydroxyl groups is 1. The molecule has 18 heavy (non-hydrogen) atoms. The van der Waals surface area contributed by atoms with Crippen LogP contribution in [0.25, 0.3) is 0 Å². The fourth-order valence-corrected chi connectivity index (χ4v) is 2.35. The van der Waals surface area contributed by atoms with Crippen LogP contribution in [0.2, 0.25) is 0 Å². The monoisotopic (exact) mass is 251 g/mol. The highest BCUT2D eigenvalue weighted by molar-refractivity contribution is 5.42. The van der Waals surface area contributed by atoms with Gasteiger partial charge in [-0.05, 0) is 61.4 Å². The molecule has 0 aliphatic carbocycles. The molecule has 0 spiro atoms. The zero-order valence-electron chi connectivity index (χ0n) is 11.8. The first kappa shape index (κ1) is 15.0. The number of nitrogens with two attached hydrogens (primary N) is 1. The van der Waals surface area contributed by atoms with Crippen LogP contribution in [-0.2, 0) is 0 Å². The van der Waals surface area contributed by atoms with E-state index in [0.717, 1.165) is 23.1 Å². The summed E-state index contributed by atoms with van der Waals surface area (Å²) in [6.45, 7) is 8.10. The Labute approximate surface area is 110 Å². The van der Waals surface area contributed by atoms with E-state index in [9.17, 15) is 10.2 Å². The van der Waals surface area contributed by atoms with Crippen LogP contribution in [0.5, 0.6) is 5.75 Å². The lowest BCUT2D eigenvalue weighted by Crippen LogP contribution is -2.28. The van der Waals surface area contributed by atoms with Crippen molar-refractivity contribution in [1.29, 1.82) is 0 Å². The van der Waals surface area contributed by atoms with Crippen molar-refractivity contribution in [2.45, 2.75) is 52.7 Å². The predicted octanol–water partition coefficient (Wildman–Crippen LogP) is 2.81. The Balaban J connectivity index is 2.86. The minimum absolute atomic E-state index is 0.248. The van der Waals surface area contributed by atoms with Gasteiger partial charge in [0.25, 0.3) is 0 Å². The van der Waals surface area contributed by atoms with Crippen molar-refractivity contribution in [1.82, 2.24) is 0 Å². The van der Waals surface area contributed by atoms with Gasteiger partial charge in [-0.25, -0.2) is 0 Å². The Morgan fingerprint density at radius 3 is 2.06 bits per heavy atom. The summed E-state index contributed by atoms with van der Waals surface area (Å²) in [5.74, 6) is 0.812. The standard InChI is InChI=1S/C15H25NO2/c1-9(2)5-6-13(18)15(16)14-10(3)7-12(17)8-11(14)4/h7-9,13,15,17-18H,5-6,16H2,1-4H3/t13-,15-/m1/s1. The minimum atomic E-state index is -0.533. The first-order chi connectivity index (χ1) is 8.32. The maximum absolute atomic E-state index is 10.2. The zero-order chi connectivity index (χ0) is 13.9. The summed E-state index contributed by atoms with van der Waals surface area (Å²) in [4.78, 5) is 0. The number of aliphatic hydroxyl groups is 1. The van der Waals surface area contributed by atoms with E-state index < -0.39 is 6.10 Å². The molecule has 0 amide bonds. The highest BCUT2D eigenvalue weighted by Crippen LogP contribution is 2.28. The lowest BCUT2D eigenvalue weighted by Gasteiger charge is -2.23. The summed E-state index contributed by atoms with van der Waals surface area (Å²) in [5, 5.41) is 19.7. The van der Waals surface area contributed by atoms with Crippen molar-refractivity contribution in [2.24, 2.45) is 11.7 Å². The van der Waals surface area contributed by atoms with Crippen molar-refractivity contribution in [3.63, 3.8) is 0 Å². The molecule has 0 aromatic heterocycles. The molecule has 0 bridgehead atoms. The molecule has 3 nitrogen and oxygen atoms in total. The second-order valence-electron chi connectivity index (χ2n) is 5.56. The second kappa shape index (κ2) is 6.21. The van der Waals surface area contributed by atoms with E-state index in [4.69, 9.17) is 5.73 Å². The molecule has 0 saturated heterocycles. The average Bonchev–Trinajstić information content (AvgIpc) is 2.24. The third-order valence-electron chi connectivity index (χ3n) is 3.37. The van der Waals surface area contributed by atoms with Crippen molar-refractivity contribution in [3.8, 4) is 5.75 Å². The van der Waals surface area contributed by atoms with Crippen LogP contribution in [0.15, 0.2) is 12.1 Å². The van der Waals surface area contributed by atoms with Crippen molar-refractivity contribution >= 4 is 0 Å². The van der Waals surface area contributed by atoms with Gasteiger partial charge in [-0.15, -0.1) is 0 Å². The topological polar surface area (TPSA) is 66.5 Å². The summed E-state index contributed by atoms with van der Waals surface area (Å²) in [5.41, 5.74) is 8.96. The highest BCUT2D eigenvalue weighted by atomic mass is 16.3. The van der Waals surface area contributed by atoms with Gasteiger partial charge in [0, 0.05) is 0 Å². The second-order valence-corrected chi connectivity index (χ2v) is 5.56. The maximum atomic E-state index is 10.2. The Hall–Kier alpha value is -1.06. The van der Waals surface area contributed by atoms with Gasteiger partial charge < -0.3 is 15.9 Å². The van der Waals surface area contributed by atoms with E-state index >= 15 is 0 Å². The first-order valence-electron chi connectivity index (χ1n) is 6.56. The van der Waals surface area contributed by atoms with Crippen LogP contribution in [0.3, 0.4) is 0 Å². The van der Waals surface area contributed by atoms with Crippen molar-refractivity contribution in [2.75, 3.05) is 0 Å². The van der Waals surface area contributed by atoms with Gasteiger partial charge >= 0.3 is 0 Å². The Bertz CT molecular complexity index is 378. The molecule has 0 saturated carbocycles. The molecule has 0 radical (unpaired) electrons. The maximum Gasteiger partial charge on any atom is 0.116 e. The van der Waals surface area contributed by atoms with Gasteiger partial charge in [0.05, 0.1) is 12.1 Å². The SMILES string of the molecule is Cc1cc(O)cc(C)c1[C@H](N)[C@H](O)CCC(C)C. The molecule has 0 heterocycles. The smallest absolute Gasteiger partial charge is 0.116 e. The van der Waals surface area contributed by atoms with E-state index in [1.165, 1.54) is 0 Å². The molecule has 2 atom stereocenters. The summed E-state index contributed by atoms with van der Waals surface area (Å²) in [7, 11) is 0. The van der Waals surface area contributed by atoms with Crippen LogP contribution in [0.4, 0.5) is 0 Å². The Morgan fingerprint density at radius 1 is 1.11 bits per heavy atom. The number of hydrogen-bond donors (Lipinski definition) is 3. The summed E-state index contributed by atoms with van der Waals surface area (Å²) in [6.07, 6.45) is 1.14. The fraction of sp³-hybridized carbons (Fsp3) is 0.600. The largest absolute Gasteiger partial charge is 0.508 e. The van der Waals surface area contributed by atoms with Gasteiger partial charge in [-0.2, -0.15) is 0 Å². The molecule has 0 aliphatic rings. The van der Waals surface area contributed by atoms with Gasteiger partial charge in [-0.3, -0.25) is 0 Å². The third-order valence-corrected chi connectivity index (χ3v) is 3.37. The number of aryl methyl sites for hydroxylation is 2. The van der Waals surface area contributed by atoms with Gasteiger partial charge in [0.1, 0.15) is 5.75 Å². The number of rotatable bonds is 5. The lowest BCUT2D eigenvalue weighted by molar-refractivity contribution is 0.128. The van der Waals surface area contributed by atoms with Crippen LogP contribution >= 0.6 is 0 Å². The Morgan fingerprint density at radius 2 is 1.61 bits per heavy atom. The molecule has 1 rings (SSSR count). The molecular formula is C15H25NO2. The average molecular weight is 251 g/mol. The van der Waals surface area contributed by atoms with Crippen LogP contribution in [-0.4, -0.2) is 16.3 Å². The highest BCUT2D eigenvalue weighted by Gasteiger charge is 2.20. The number of aliphatic hydroxyl groups excluding tert-OH is 1. The van der Waals surface area contributed by atoms with Crippen LogP contribution < -0.4 is 5.73 Å². The van der Waals surface area contributed by atoms with Gasteiger partial charge in [-0.1, -0.05) is 13.8 Å². The molecule has 3 heteroatoms. The van der Waals surface area contributed by atoms with E-state index in [1.807, 2.05) is 13.8 Å². The van der Waals surface area contributed by atoms with E-state index in [1.54, 1.807) is 12.1 Å². The molecule has 1 aromatic rings. The molecule has 0 fully saturated rings. The van der Waals surface area contributed by atoms with E-state index in [-0.39, 0.29) is 11.8 Å². The molecule has 0 aliphatic heterocycles. The lowest BCUT2D eigenvalue weighted by atomic mass is 9.90. The normalized spacial score (nSPS) is 14.8. The molecule has 0 unspecified atom stereocenters. The quantitative estimate of drug-likeness (QED) is 0.754. The van der Waals surface area contributed by atoms with E-state index in [2.05, 4.69) is 13.8 Å². The van der Waals surface area contributed by atoms with Crippen LogP contribution in [0.1, 0.15) is 49.4 Å². The zero-order valence-corrected chi connectivity index (χ0v) is 11.8. The molecule has 1 aromatic carbocycles. The van der Waals surface area contributed by atoms with Gasteiger partial charge in [0.15, 0.2) is 0 Å². The van der Waals surface area contributed by atoms with Crippen molar-refractivity contribution in [3.05, 3.63) is 28.8 Å². The molecule has 4 N–H and O–H groups in total. The van der Waals surface area contributed by atoms with E-state index in [0.29, 0.717) is 12.3 Å². The number of phenols is 1. The van der Waals surface area contributed by atoms with Gasteiger partial charge in [0.2, 0.25) is 0 Å². The third kappa shape index (κ3) is 3.72. The number of hydrogen-bond acceptors (Lipinski definition) is 3. The summed E-state index contributed by atoms with van der Waals surface area (Å²) in [6, 6.07) is 3.00. The molecular weight excluding hydrogens is 226 g/mol. The van der Waals surface area contributed by atoms with Crippen molar-refractivity contribution < 1.29 is 10.2 Å².